The molecule has 0 fully saturated rings. The smallest absolute Gasteiger partial charge is 0.0582 e. The van der Waals surface area contributed by atoms with Crippen LogP contribution < -0.4 is 0 Å². The third-order valence-corrected chi connectivity index (χ3v) is 11.6. The van der Waals surface area contributed by atoms with E-state index in [1.807, 2.05) is 0 Å². The quantitative estimate of drug-likeness (QED) is 0.173. The van der Waals surface area contributed by atoms with Crippen molar-refractivity contribution in [2.45, 2.75) is 52.4 Å². The van der Waals surface area contributed by atoms with Crippen LogP contribution in [0.3, 0.4) is 0 Å². The lowest BCUT2D eigenvalue weighted by Crippen LogP contribution is -2.33. The van der Waals surface area contributed by atoms with Crippen molar-refractivity contribution in [2.75, 3.05) is 0 Å². The van der Waals surface area contributed by atoms with Gasteiger partial charge >= 0.3 is 0 Å². The molecule has 0 bridgehead atoms. The second kappa shape index (κ2) is 8.81. The summed E-state index contributed by atoms with van der Waals surface area (Å²) >= 11 is 0. The van der Waals surface area contributed by atoms with Crippen molar-refractivity contribution in [3.8, 4) is 27.9 Å². The van der Waals surface area contributed by atoms with Gasteiger partial charge in [0.15, 0.2) is 0 Å². The van der Waals surface area contributed by atoms with Gasteiger partial charge in [-0.1, -0.05) is 142 Å². The maximum absolute atomic E-state index is 2.63. The molecule has 1 aromatic heterocycles. The molecule has 1 heteroatoms. The molecule has 3 heterocycles. The number of aryl methyl sites for hydroxylation is 2. The summed E-state index contributed by atoms with van der Waals surface area (Å²) in [5, 5.41) is 7.99. The van der Waals surface area contributed by atoms with Crippen molar-refractivity contribution in [3.05, 3.63) is 149 Å². The summed E-state index contributed by atoms with van der Waals surface area (Å²) in [5.74, 6) is 0. The van der Waals surface area contributed by atoms with Gasteiger partial charge in [-0.05, 0) is 92.0 Å². The number of para-hydroxylation sites is 2. The highest BCUT2D eigenvalue weighted by atomic mass is 15.0. The number of nitrogens with zero attached hydrogens (tertiary/aromatic N) is 1. The fourth-order valence-electron chi connectivity index (χ4n) is 9.29. The molecule has 0 saturated carbocycles. The SMILES string of the molecule is Cc1ccc2c(-c3cc4c5c(c3)C(C)(C)c3cccc6c7cccc(c7n-5c36)C4(C)C)c3cc(C)ccc3c(-c3ccccc3)c2c1. The average molecular weight is 604 g/mol. The topological polar surface area (TPSA) is 4.93 Å². The molecular formula is C46H37N. The Kier molecular flexibility index (Phi) is 5.06. The van der Waals surface area contributed by atoms with Crippen molar-refractivity contribution < 1.29 is 0 Å². The predicted octanol–water partition coefficient (Wildman–Crippen LogP) is 12.3. The Labute approximate surface area is 276 Å². The molecule has 0 spiro atoms. The maximum Gasteiger partial charge on any atom is 0.0582 e. The van der Waals surface area contributed by atoms with Crippen LogP contribution in [0, 0.1) is 13.8 Å². The Hall–Kier alpha value is -5.14. The fourth-order valence-corrected chi connectivity index (χ4v) is 9.29. The molecule has 226 valence electrons. The van der Waals surface area contributed by atoms with Crippen LogP contribution in [0.5, 0.6) is 0 Å². The zero-order valence-electron chi connectivity index (χ0n) is 27.9. The molecule has 10 rings (SSSR count). The monoisotopic (exact) mass is 603 g/mol. The van der Waals surface area contributed by atoms with Crippen LogP contribution in [0.25, 0.3) is 71.3 Å². The summed E-state index contributed by atoms with van der Waals surface area (Å²) in [5.41, 5.74) is 17.3. The number of rotatable bonds is 2. The first-order chi connectivity index (χ1) is 22.7. The Morgan fingerprint density at radius 1 is 0.404 bits per heavy atom. The van der Waals surface area contributed by atoms with E-state index < -0.39 is 0 Å². The molecule has 7 aromatic carbocycles. The molecule has 8 aromatic rings. The minimum absolute atomic E-state index is 0.167. The van der Waals surface area contributed by atoms with Crippen molar-refractivity contribution in [3.63, 3.8) is 0 Å². The number of aromatic nitrogens is 1. The van der Waals surface area contributed by atoms with Gasteiger partial charge in [-0.3, -0.25) is 0 Å². The first kappa shape index (κ1) is 27.0. The summed E-state index contributed by atoms with van der Waals surface area (Å²) in [7, 11) is 0. The van der Waals surface area contributed by atoms with E-state index in [1.54, 1.807) is 0 Å². The molecule has 0 aliphatic carbocycles. The van der Waals surface area contributed by atoms with Crippen molar-refractivity contribution >= 4 is 43.4 Å². The Morgan fingerprint density at radius 2 is 0.894 bits per heavy atom. The molecule has 0 atom stereocenters. The molecule has 0 radical (unpaired) electrons. The minimum Gasteiger partial charge on any atom is -0.308 e. The standard InChI is InChI=1S/C46H37N/c1-26-19-21-31-34(22-26)40(28-12-8-7-9-13-28)30-20-18-27(2)23-35(30)41(31)29-24-38-44-39(25-29)46(5,6)37-17-11-15-33-32-14-10-16-36(45(38,3)4)42(32)47(44)43(33)37/h7-25H,1-6H3. The van der Waals surface area contributed by atoms with Crippen LogP contribution in [0.4, 0.5) is 0 Å². The highest BCUT2D eigenvalue weighted by Gasteiger charge is 2.43. The van der Waals surface area contributed by atoms with Gasteiger partial charge in [0.2, 0.25) is 0 Å². The van der Waals surface area contributed by atoms with Gasteiger partial charge in [0.25, 0.3) is 0 Å². The van der Waals surface area contributed by atoms with Gasteiger partial charge < -0.3 is 4.57 Å². The minimum atomic E-state index is -0.167. The van der Waals surface area contributed by atoms with Gasteiger partial charge in [-0.2, -0.15) is 0 Å². The molecule has 0 amide bonds. The van der Waals surface area contributed by atoms with Crippen LogP contribution in [-0.2, 0) is 10.8 Å². The van der Waals surface area contributed by atoms with Gasteiger partial charge in [-0.25, -0.2) is 0 Å². The van der Waals surface area contributed by atoms with Crippen molar-refractivity contribution in [1.29, 1.82) is 0 Å². The predicted molar refractivity (Wildman–Crippen MR) is 200 cm³/mol. The van der Waals surface area contributed by atoms with Crippen molar-refractivity contribution in [1.82, 2.24) is 4.57 Å². The van der Waals surface area contributed by atoms with E-state index in [4.69, 9.17) is 0 Å². The van der Waals surface area contributed by atoms with E-state index in [1.165, 1.54) is 105 Å². The van der Waals surface area contributed by atoms with Gasteiger partial charge in [0.05, 0.1) is 16.7 Å². The van der Waals surface area contributed by atoms with Gasteiger partial charge in [-0.15, -0.1) is 0 Å². The Bertz CT molecular complexity index is 2590. The molecular weight excluding hydrogens is 567 g/mol. The number of hydrogen-bond donors (Lipinski definition) is 0. The molecule has 2 aliphatic heterocycles. The highest BCUT2D eigenvalue weighted by molar-refractivity contribution is 6.22. The lowest BCUT2D eigenvalue weighted by atomic mass is 9.67. The molecule has 0 saturated heterocycles. The van der Waals surface area contributed by atoms with Crippen LogP contribution in [0.1, 0.15) is 61.1 Å². The van der Waals surface area contributed by atoms with E-state index in [0.29, 0.717) is 0 Å². The van der Waals surface area contributed by atoms with Crippen LogP contribution in [-0.4, -0.2) is 4.57 Å². The summed E-state index contributed by atoms with van der Waals surface area (Å²) in [4.78, 5) is 0. The Morgan fingerprint density at radius 3 is 1.40 bits per heavy atom. The lowest BCUT2D eigenvalue weighted by molar-refractivity contribution is 0.594. The van der Waals surface area contributed by atoms with Crippen LogP contribution in [0.15, 0.2) is 115 Å². The maximum atomic E-state index is 2.63. The third kappa shape index (κ3) is 3.29. The van der Waals surface area contributed by atoms with Gasteiger partial charge in [0, 0.05) is 21.6 Å². The summed E-state index contributed by atoms with van der Waals surface area (Å²) in [6.45, 7) is 14.2. The normalized spacial score (nSPS) is 15.4. The van der Waals surface area contributed by atoms with E-state index in [0.717, 1.165) is 0 Å². The molecule has 0 unspecified atom stereocenters. The number of hydrogen-bond acceptors (Lipinski definition) is 0. The summed E-state index contributed by atoms with van der Waals surface area (Å²) in [6.07, 6.45) is 0. The number of fused-ring (bicyclic) bond motifs is 3. The summed E-state index contributed by atoms with van der Waals surface area (Å²) < 4.78 is 2.63. The van der Waals surface area contributed by atoms with Crippen LogP contribution >= 0.6 is 0 Å². The first-order valence-corrected chi connectivity index (χ1v) is 17.0. The Balaban J connectivity index is 1.41. The molecule has 0 N–H and O–H groups in total. The van der Waals surface area contributed by atoms with E-state index >= 15 is 0 Å². The van der Waals surface area contributed by atoms with E-state index in [9.17, 15) is 0 Å². The van der Waals surface area contributed by atoms with Crippen molar-refractivity contribution in [2.24, 2.45) is 0 Å². The zero-order valence-corrected chi connectivity index (χ0v) is 27.9. The molecule has 2 aliphatic rings. The average Bonchev–Trinajstić information content (AvgIpc) is 3.40. The zero-order chi connectivity index (χ0) is 32.0. The fraction of sp³-hybridized carbons (Fsp3) is 0.174. The lowest BCUT2D eigenvalue weighted by Gasteiger charge is -2.42. The molecule has 47 heavy (non-hydrogen) atoms. The summed E-state index contributed by atoms with van der Waals surface area (Å²) in [6, 6.07) is 44.1. The van der Waals surface area contributed by atoms with E-state index in [-0.39, 0.29) is 10.8 Å². The largest absolute Gasteiger partial charge is 0.308 e. The third-order valence-electron chi connectivity index (χ3n) is 11.6. The number of benzene rings is 7. The second-order valence-electron chi connectivity index (χ2n) is 15.1. The second-order valence-corrected chi connectivity index (χ2v) is 15.1. The van der Waals surface area contributed by atoms with Crippen LogP contribution in [0.2, 0.25) is 0 Å². The van der Waals surface area contributed by atoms with E-state index in [2.05, 4.69) is 161 Å². The van der Waals surface area contributed by atoms with Gasteiger partial charge in [0.1, 0.15) is 0 Å². The molecule has 1 nitrogen and oxygen atoms in total. The first-order valence-electron chi connectivity index (χ1n) is 17.0. The highest BCUT2D eigenvalue weighted by Crippen LogP contribution is 2.57.